The van der Waals surface area contributed by atoms with E-state index in [4.69, 9.17) is 5.73 Å². The molecule has 2 N–H and O–H groups in total. The molecule has 5 heteroatoms. The van der Waals surface area contributed by atoms with Crippen LogP contribution in [0.3, 0.4) is 0 Å². The number of piperazine rings is 1. The quantitative estimate of drug-likeness (QED) is 0.811. The zero-order valence-corrected chi connectivity index (χ0v) is 12.2. The van der Waals surface area contributed by atoms with Crippen molar-refractivity contribution in [3.05, 3.63) is 29.6 Å². The van der Waals surface area contributed by atoms with Crippen LogP contribution < -0.4 is 5.73 Å². The first-order valence-electron chi connectivity index (χ1n) is 7.35. The first-order valence-corrected chi connectivity index (χ1v) is 7.35. The molecule has 1 aromatic rings. The molecule has 0 saturated carbocycles. The van der Waals surface area contributed by atoms with E-state index in [0.29, 0.717) is 0 Å². The number of pyridine rings is 1. The number of aryl methyl sites for hydroxylation is 1. The fraction of sp³-hybridized carbons (Fsp3) is 0.600. The lowest BCUT2D eigenvalue weighted by molar-refractivity contribution is 0.0635. The van der Waals surface area contributed by atoms with Gasteiger partial charge in [0.1, 0.15) is 0 Å². The summed E-state index contributed by atoms with van der Waals surface area (Å²) in [4.78, 5) is 20.9. The Labute approximate surface area is 120 Å². The van der Waals surface area contributed by atoms with Crippen molar-refractivity contribution in [3.63, 3.8) is 0 Å². The molecule has 0 unspecified atom stereocenters. The monoisotopic (exact) mass is 276 g/mol. The van der Waals surface area contributed by atoms with Gasteiger partial charge in [0, 0.05) is 43.6 Å². The lowest BCUT2D eigenvalue weighted by Gasteiger charge is -2.34. The maximum absolute atomic E-state index is 12.4. The summed E-state index contributed by atoms with van der Waals surface area (Å²) in [7, 11) is 0. The maximum Gasteiger partial charge on any atom is 0.254 e. The second-order valence-electron chi connectivity index (χ2n) is 5.32. The van der Waals surface area contributed by atoms with Crippen LogP contribution >= 0.6 is 0 Å². The van der Waals surface area contributed by atoms with Crippen LogP contribution in [0.1, 0.15) is 28.9 Å². The molecule has 110 valence electrons. The Morgan fingerprint density at radius 3 is 2.70 bits per heavy atom. The number of hydrogen-bond donors (Lipinski definition) is 1. The number of amides is 1. The van der Waals surface area contributed by atoms with E-state index in [-0.39, 0.29) is 5.91 Å². The average Bonchev–Trinajstić information content (AvgIpc) is 2.47. The van der Waals surface area contributed by atoms with Crippen LogP contribution in [0.15, 0.2) is 18.3 Å². The van der Waals surface area contributed by atoms with E-state index in [2.05, 4.69) is 9.88 Å². The van der Waals surface area contributed by atoms with E-state index < -0.39 is 0 Å². The molecular formula is C15H24N4O. The van der Waals surface area contributed by atoms with E-state index in [1.807, 2.05) is 17.9 Å². The van der Waals surface area contributed by atoms with Gasteiger partial charge in [-0.05, 0) is 45.0 Å². The molecule has 0 atom stereocenters. The first-order chi connectivity index (χ1) is 9.70. The van der Waals surface area contributed by atoms with Crippen molar-refractivity contribution in [3.8, 4) is 0 Å². The Morgan fingerprint density at radius 1 is 1.30 bits per heavy atom. The number of hydrogen-bond acceptors (Lipinski definition) is 4. The minimum atomic E-state index is 0.122. The van der Waals surface area contributed by atoms with E-state index >= 15 is 0 Å². The fourth-order valence-electron chi connectivity index (χ4n) is 2.52. The number of unbranched alkanes of at least 4 members (excludes halogenated alkanes) is 1. The molecule has 0 bridgehead atoms. The standard InChI is InChI=1S/C15H24N4O/c1-13-12-14(4-6-17-13)15(20)19-10-8-18(9-11-19)7-3-2-5-16/h4,6,12H,2-3,5,7-11,16H2,1H3. The summed E-state index contributed by atoms with van der Waals surface area (Å²) < 4.78 is 0. The van der Waals surface area contributed by atoms with Gasteiger partial charge < -0.3 is 10.6 Å². The zero-order valence-electron chi connectivity index (χ0n) is 12.2. The number of aromatic nitrogens is 1. The highest BCUT2D eigenvalue weighted by Crippen LogP contribution is 2.10. The molecule has 0 spiro atoms. The summed E-state index contributed by atoms with van der Waals surface area (Å²) in [6, 6.07) is 3.65. The molecule has 1 aromatic heterocycles. The Morgan fingerprint density at radius 2 is 2.05 bits per heavy atom. The van der Waals surface area contributed by atoms with Crippen LogP contribution in [0.25, 0.3) is 0 Å². The van der Waals surface area contributed by atoms with E-state index in [9.17, 15) is 4.79 Å². The third-order valence-electron chi connectivity index (χ3n) is 3.73. The van der Waals surface area contributed by atoms with Crippen molar-refractivity contribution in [2.45, 2.75) is 19.8 Å². The molecular weight excluding hydrogens is 252 g/mol. The Bertz CT molecular complexity index is 441. The second-order valence-corrected chi connectivity index (χ2v) is 5.32. The molecule has 0 aromatic carbocycles. The van der Waals surface area contributed by atoms with Crippen molar-refractivity contribution in [2.75, 3.05) is 39.3 Å². The molecule has 0 radical (unpaired) electrons. The van der Waals surface area contributed by atoms with Gasteiger partial charge in [-0.2, -0.15) is 0 Å². The third-order valence-corrected chi connectivity index (χ3v) is 3.73. The van der Waals surface area contributed by atoms with Gasteiger partial charge >= 0.3 is 0 Å². The van der Waals surface area contributed by atoms with E-state index in [1.54, 1.807) is 12.3 Å². The van der Waals surface area contributed by atoms with Gasteiger partial charge in [-0.3, -0.25) is 14.7 Å². The average molecular weight is 276 g/mol. The summed E-state index contributed by atoms with van der Waals surface area (Å²) >= 11 is 0. The summed E-state index contributed by atoms with van der Waals surface area (Å²) in [5.41, 5.74) is 7.14. The SMILES string of the molecule is Cc1cc(C(=O)N2CCN(CCCCN)CC2)ccn1. The van der Waals surface area contributed by atoms with Gasteiger partial charge in [0.05, 0.1) is 0 Å². The third kappa shape index (κ3) is 4.02. The molecule has 1 amide bonds. The van der Waals surface area contributed by atoms with Crippen LogP contribution in [0.5, 0.6) is 0 Å². The Kier molecular flexibility index (Phi) is 5.49. The number of nitrogens with zero attached hydrogens (tertiary/aromatic N) is 3. The zero-order chi connectivity index (χ0) is 14.4. The molecule has 1 aliphatic heterocycles. The minimum absolute atomic E-state index is 0.122. The summed E-state index contributed by atoms with van der Waals surface area (Å²) in [6.45, 7) is 7.30. The molecule has 2 heterocycles. The molecule has 0 aliphatic carbocycles. The topological polar surface area (TPSA) is 62.5 Å². The summed E-state index contributed by atoms with van der Waals surface area (Å²) in [5, 5.41) is 0. The number of carbonyl (C=O) groups is 1. The normalized spacial score (nSPS) is 16.4. The summed E-state index contributed by atoms with van der Waals surface area (Å²) in [5.74, 6) is 0.122. The maximum atomic E-state index is 12.4. The molecule has 1 aliphatic rings. The molecule has 2 rings (SSSR count). The second kappa shape index (κ2) is 7.36. The van der Waals surface area contributed by atoms with Crippen LogP contribution in [0.2, 0.25) is 0 Å². The minimum Gasteiger partial charge on any atom is -0.336 e. The van der Waals surface area contributed by atoms with Crippen molar-refractivity contribution < 1.29 is 4.79 Å². The first kappa shape index (κ1) is 14.9. The van der Waals surface area contributed by atoms with E-state index in [1.165, 1.54) is 0 Å². The largest absolute Gasteiger partial charge is 0.336 e. The molecule has 5 nitrogen and oxygen atoms in total. The van der Waals surface area contributed by atoms with Crippen LogP contribution in [0.4, 0.5) is 0 Å². The predicted octanol–water partition coefficient (Wildman–Crippen LogP) is 0.887. The predicted molar refractivity (Wildman–Crippen MR) is 79.6 cm³/mol. The lowest BCUT2D eigenvalue weighted by atomic mass is 10.2. The molecule has 1 fully saturated rings. The smallest absolute Gasteiger partial charge is 0.254 e. The van der Waals surface area contributed by atoms with Crippen molar-refractivity contribution in [2.24, 2.45) is 5.73 Å². The van der Waals surface area contributed by atoms with Crippen LogP contribution in [-0.4, -0.2) is 60.0 Å². The number of nitrogens with two attached hydrogens (primary N) is 1. The summed E-state index contributed by atoms with van der Waals surface area (Å²) in [6.07, 6.45) is 3.93. The highest BCUT2D eigenvalue weighted by atomic mass is 16.2. The Hall–Kier alpha value is -1.46. The van der Waals surface area contributed by atoms with Crippen molar-refractivity contribution in [1.82, 2.24) is 14.8 Å². The molecule has 1 saturated heterocycles. The van der Waals surface area contributed by atoms with Gasteiger partial charge in [-0.15, -0.1) is 0 Å². The van der Waals surface area contributed by atoms with Gasteiger partial charge in [-0.1, -0.05) is 0 Å². The van der Waals surface area contributed by atoms with Gasteiger partial charge in [0.25, 0.3) is 5.91 Å². The lowest BCUT2D eigenvalue weighted by Crippen LogP contribution is -2.48. The number of carbonyl (C=O) groups excluding carboxylic acids is 1. The van der Waals surface area contributed by atoms with E-state index in [0.717, 1.165) is 63.4 Å². The van der Waals surface area contributed by atoms with Gasteiger partial charge in [-0.25, -0.2) is 0 Å². The van der Waals surface area contributed by atoms with Crippen molar-refractivity contribution in [1.29, 1.82) is 0 Å². The van der Waals surface area contributed by atoms with Crippen molar-refractivity contribution >= 4 is 5.91 Å². The Balaban J connectivity index is 1.83. The number of rotatable bonds is 5. The molecule has 20 heavy (non-hydrogen) atoms. The van der Waals surface area contributed by atoms with Crippen LogP contribution in [0, 0.1) is 6.92 Å². The highest BCUT2D eigenvalue weighted by molar-refractivity contribution is 5.94. The fourth-order valence-corrected chi connectivity index (χ4v) is 2.52. The van der Waals surface area contributed by atoms with Gasteiger partial charge in [0.2, 0.25) is 0 Å². The highest BCUT2D eigenvalue weighted by Gasteiger charge is 2.21. The van der Waals surface area contributed by atoms with Crippen LogP contribution in [-0.2, 0) is 0 Å². The van der Waals surface area contributed by atoms with Gasteiger partial charge in [0.15, 0.2) is 0 Å².